The monoisotopic (exact) mass is 272 g/mol. The Balaban J connectivity index is 1.98. The predicted octanol–water partition coefficient (Wildman–Crippen LogP) is -0.208. The molecule has 1 unspecified atom stereocenters. The molecule has 1 amide bonds. The molecule has 0 saturated carbocycles. The van der Waals surface area contributed by atoms with Gasteiger partial charge in [-0.1, -0.05) is 0 Å². The van der Waals surface area contributed by atoms with E-state index in [9.17, 15) is 13.2 Å². The Morgan fingerprint density at radius 2 is 2.28 bits per heavy atom. The second kappa shape index (κ2) is 3.61. The lowest BCUT2D eigenvalue weighted by molar-refractivity contribution is 0.104. The third kappa shape index (κ3) is 1.40. The quantitative estimate of drug-likeness (QED) is 0.772. The minimum Gasteiger partial charge on any atom is -0.465 e. The molecule has 1 aromatic rings. The van der Waals surface area contributed by atoms with E-state index in [0.29, 0.717) is 25.5 Å². The van der Waals surface area contributed by atoms with Crippen LogP contribution in [0, 0.1) is 0 Å². The number of amides is 1. The Labute approximate surface area is 103 Å². The van der Waals surface area contributed by atoms with Crippen molar-refractivity contribution < 1.29 is 18.3 Å². The molecule has 1 saturated heterocycles. The zero-order valence-electron chi connectivity index (χ0n) is 9.40. The maximum absolute atomic E-state index is 12.4. The molecule has 0 spiro atoms. The minimum atomic E-state index is -3.67. The van der Waals surface area contributed by atoms with E-state index in [1.54, 1.807) is 4.57 Å². The molecule has 18 heavy (non-hydrogen) atoms. The van der Waals surface area contributed by atoms with E-state index in [-0.39, 0.29) is 11.6 Å². The van der Waals surface area contributed by atoms with Crippen LogP contribution in [0.15, 0.2) is 11.2 Å². The van der Waals surface area contributed by atoms with Crippen molar-refractivity contribution in [3.8, 4) is 0 Å². The minimum absolute atomic E-state index is 0.0958. The van der Waals surface area contributed by atoms with Gasteiger partial charge in [0.15, 0.2) is 5.03 Å². The van der Waals surface area contributed by atoms with Crippen LogP contribution < -0.4 is 5.32 Å². The van der Waals surface area contributed by atoms with Crippen LogP contribution in [0.25, 0.3) is 0 Å². The summed E-state index contributed by atoms with van der Waals surface area (Å²) in [6.45, 7) is 1.43. The van der Waals surface area contributed by atoms with Crippen molar-refractivity contribution in [1.29, 1.82) is 0 Å². The van der Waals surface area contributed by atoms with Gasteiger partial charge in [-0.15, -0.1) is 0 Å². The number of aromatic nitrogens is 2. The summed E-state index contributed by atoms with van der Waals surface area (Å²) >= 11 is 0. The molecule has 0 bridgehead atoms. The Morgan fingerprint density at radius 3 is 2.89 bits per heavy atom. The number of rotatable bonds is 2. The molecule has 1 aromatic heterocycles. The summed E-state index contributed by atoms with van der Waals surface area (Å²) in [5.41, 5.74) is 0. The first kappa shape index (κ1) is 11.3. The second-order valence-corrected chi connectivity index (χ2v) is 6.32. The first-order valence-corrected chi connectivity index (χ1v) is 7.09. The van der Waals surface area contributed by atoms with Gasteiger partial charge in [-0.2, -0.15) is 0 Å². The van der Waals surface area contributed by atoms with Gasteiger partial charge in [-0.05, 0) is 0 Å². The van der Waals surface area contributed by atoms with Crippen molar-refractivity contribution in [2.45, 2.75) is 23.4 Å². The lowest BCUT2D eigenvalue weighted by Gasteiger charge is -2.37. The fourth-order valence-electron chi connectivity index (χ4n) is 2.27. The average Bonchev–Trinajstić information content (AvgIpc) is 2.71. The highest BCUT2D eigenvalue weighted by Gasteiger charge is 2.44. The molecular formula is C9H12N4O4S. The first-order valence-electron chi connectivity index (χ1n) is 5.54. The summed E-state index contributed by atoms with van der Waals surface area (Å²) in [6, 6.07) is 0. The van der Waals surface area contributed by atoms with Gasteiger partial charge < -0.3 is 10.4 Å². The number of hydrogen-bond acceptors (Lipinski definition) is 5. The number of nitrogens with one attached hydrogen (secondary N) is 1. The number of fused-ring (bicyclic) bond motifs is 1. The molecule has 2 N–H and O–H groups in total. The lowest BCUT2D eigenvalue weighted by atomic mass is 10.2. The van der Waals surface area contributed by atoms with E-state index in [1.807, 2.05) is 0 Å². The number of carboxylic acid groups (broad SMARTS) is 1. The number of nitrogens with zero attached hydrogens (tertiary/aromatic N) is 3. The van der Waals surface area contributed by atoms with Gasteiger partial charge in [-0.25, -0.2) is 18.2 Å². The number of likely N-dealkylation sites (tertiary alicyclic amines) is 1. The fourth-order valence-corrected chi connectivity index (χ4v) is 4.18. The summed E-state index contributed by atoms with van der Waals surface area (Å²) in [6.07, 6.45) is 0.423. The van der Waals surface area contributed by atoms with E-state index < -0.39 is 21.3 Å². The van der Waals surface area contributed by atoms with E-state index >= 15 is 0 Å². The van der Waals surface area contributed by atoms with Gasteiger partial charge in [0.2, 0.25) is 15.8 Å². The fraction of sp³-hybridized carbons (Fsp3) is 0.556. The van der Waals surface area contributed by atoms with E-state index in [1.165, 1.54) is 6.20 Å². The highest BCUT2D eigenvalue weighted by molar-refractivity contribution is 7.92. The average molecular weight is 272 g/mol. The van der Waals surface area contributed by atoms with Crippen molar-refractivity contribution in [2.24, 2.45) is 0 Å². The molecule has 0 radical (unpaired) electrons. The van der Waals surface area contributed by atoms with Crippen LogP contribution >= 0.6 is 0 Å². The molecule has 0 aliphatic carbocycles. The SMILES string of the molecule is O=C(O)N1CCC1S(=O)(=O)c1cnc2n1CCN2. The number of sulfone groups is 1. The summed E-state index contributed by atoms with van der Waals surface area (Å²) in [7, 11) is -3.67. The topological polar surface area (TPSA) is 105 Å². The third-order valence-electron chi connectivity index (χ3n) is 3.30. The zero-order chi connectivity index (χ0) is 12.9. The van der Waals surface area contributed by atoms with Crippen LogP contribution in [-0.2, 0) is 16.4 Å². The molecule has 98 valence electrons. The second-order valence-electron chi connectivity index (χ2n) is 4.26. The van der Waals surface area contributed by atoms with Crippen molar-refractivity contribution in [3.05, 3.63) is 6.20 Å². The van der Waals surface area contributed by atoms with Gasteiger partial charge in [-0.3, -0.25) is 9.47 Å². The molecule has 1 atom stereocenters. The Hall–Kier alpha value is -1.77. The van der Waals surface area contributed by atoms with Crippen LogP contribution in [0.3, 0.4) is 0 Å². The van der Waals surface area contributed by atoms with E-state index in [2.05, 4.69) is 10.3 Å². The van der Waals surface area contributed by atoms with Crippen LogP contribution in [-0.4, -0.2) is 52.5 Å². The van der Waals surface area contributed by atoms with Crippen LogP contribution in [0.1, 0.15) is 6.42 Å². The standard InChI is InChI=1S/C9H12N4O4S/c14-9(15)13-3-1-6(13)18(16,17)7-5-11-8-10-2-4-12(7)8/h5-6H,1-4H2,(H,10,11)(H,14,15). The number of anilines is 1. The molecule has 1 fully saturated rings. The van der Waals surface area contributed by atoms with Crippen molar-refractivity contribution >= 4 is 21.9 Å². The molecule has 3 heterocycles. The van der Waals surface area contributed by atoms with E-state index in [0.717, 1.165) is 4.90 Å². The molecule has 9 heteroatoms. The zero-order valence-corrected chi connectivity index (χ0v) is 10.2. The highest BCUT2D eigenvalue weighted by atomic mass is 32.2. The van der Waals surface area contributed by atoms with Gasteiger partial charge in [0.1, 0.15) is 5.37 Å². The van der Waals surface area contributed by atoms with E-state index in [4.69, 9.17) is 5.11 Å². The first-order chi connectivity index (χ1) is 8.51. The van der Waals surface area contributed by atoms with Crippen molar-refractivity contribution in [2.75, 3.05) is 18.4 Å². The third-order valence-corrected chi connectivity index (χ3v) is 5.41. The van der Waals surface area contributed by atoms with Crippen LogP contribution in [0.5, 0.6) is 0 Å². The van der Waals surface area contributed by atoms with Crippen molar-refractivity contribution in [3.63, 3.8) is 0 Å². The summed E-state index contributed by atoms with van der Waals surface area (Å²) in [5, 5.41) is 11.0. The molecule has 3 rings (SSSR count). The number of hydrogen-bond donors (Lipinski definition) is 2. The smallest absolute Gasteiger partial charge is 0.408 e. The highest BCUT2D eigenvalue weighted by Crippen LogP contribution is 2.30. The summed E-state index contributed by atoms with van der Waals surface area (Å²) in [4.78, 5) is 15.8. The lowest BCUT2D eigenvalue weighted by Crippen LogP contribution is -2.54. The Bertz CT molecular complexity index is 608. The molecular weight excluding hydrogens is 260 g/mol. The maximum Gasteiger partial charge on any atom is 0.408 e. The number of imidazole rings is 1. The molecule has 0 aromatic carbocycles. The number of carbonyl (C=O) groups is 1. The summed E-state index contributed by atoms with van der Waals surface area (Å²) < 4.78 is 26.3. The normalized spacial score (nSPS) is 22.2. The maximum atomic E-state index is 12.4. The van der Waals surface area contributed by atoms with Crippen molar-refractivity contribution in [1.82, 2.24) is 14.5 Å². The van der Waals surface area contributed by atoms with Crippen LogP contribution in [0.2, 0.25) is 0 Å². The van der Waals surface area contributed by atoms with Gasteiger partial charge >= 0.3 is 6.09 Å². The molecule has 8 nitrogen and oxygen atoms in total. The van der Waals surface area contributed by atoms with Crippen LogP contribution in [0.4, 0.5) is 10.7 Å². The Kier molecular flexibility index (Phi) is 2.27. The Morgan fingerprint density at radius 1 is 1.50 bits per heavy atom. The largest absolute Gasteiger partial charge is 0.465 e. The molecule has 2 aliphatic heterocycles. The van der Waals surface area contributed by atoms with Gasteiger partial charge in [0.25, 0.3) is 0 Å². The predicted molar refractivity (Wildman–Crippen MR) is 61.0 cm³/mol. The van der Waals surface area contributed by atoms with Gasteiger partial charge in [0.05, 0.1) is 6.20 Å². The van der Waals surface area contributed by atoms with Gasteiger partial charge in [0, 0.05) is 26.1 Å². The summed E-state index contributed by atoms with van der Waals surface area (Å²) in [5.74, 6) is 0.523. The molecule has 2 aliphatic rings.